The molecule has 1 rings (SSSR count). The quantitative estimate of drug-likeness (QED) is 0.714. The first kappa shape index (κ1) is 11.5. The topological polar surface area (TPSA) is 41.1 Å². The van der Waals surface area contributed by atoms with Crippen molar-refractivity contribution in [1.82, 2.24) is 10.6 Å². The van der Waals surface area contributed by atoms with Crippen molar-refractivity contribution in [2.45, 2.75) is 39.2 Å². The van der Waals surface area contributed by atoms with Crippen molar-refractivity contribution in [3.05, 3.63) is 0 Å². The minimum Gasteiger partial charge on any atom is -0.352 e. The van der Waals surface area contributed by atoms with Crippen molar-refractivity contribution in [1.29, 1.82) is 0 Å². The third-order valence-corrected chi connectivity index (χ3v) is 3.39. The van der Waals surface area contributed by atoms with E-state index in [1.165, 1.54) is 12.8 Å². The molecule has 14 heavy (non-hydrogen) atoms. The standard InChI is InChI=1S/C11H22N2O/c1-8-5-4-6-10(9(8)2)13-11(14)7-12-3/h8-10,12H,4-7H2,1-3H3,(H,13,14). The number of hydrogen-bond donors (Lipinski definition) is 2. The molecule has 1 fully saturated rings. The molecule has 1 aliphatic carbocycles. The zero-order valence-corrected chi connectivity index (χ0v) is 9.47. The number of carbonyl (C=O) groups is 1. The van der Waals surface area contributed by atoms with Crippen molar-refractivity contribution in [2.24, 2.45) is 11.8 Å². The highest BCUT2D eigenvalue weighted by Gasteiger charge is 2.27. The molecule has 0 spiro atoms. The van der Waals surface area contributed by atoms with E-state index in [1.807, 2.05) is 0 Å². The summed E-state index contributed by atoms with van der Waals surface area (Å²) in [6.45, 7) is 4.95. The minimum atomic E-state index is 0.124. The molecular weight excluding hydrogens is 176 g/mol. The van der Waals surface area contributed by atoms with Crippen LogP contribution in [0.4, 0.5) is 0 Å². The Kier molecular flexibility index (Phi) is 4.39. The van der Waals surface area contributed by atoms with Gasteiger partial charge >= 0.3 is 0 Å². The van der Waals surface area contributed by atoms with Gasteiger partial charge in [0, 0.05) is 6.04 Å². The van der Waals surface area contributed by atoms with Crippen LogP contribution in [0.25, 0.3) is 0 Å². The second-order valence-electron chi connectivity index (χ2n) is 4.47. The van der Waals surface area contributed by atoms with Crippen molar-refractivity contribution < 1.29 is 4.79 Å². The Hall–Kier alpha value is -0.570. The summed E-state index contributed by atoms with van der Waals surface area (Å²) in [6.07, 6.45) is 3.69. The van der Waals surface area contributed by atoms with E-state index in [4.69, 9.17) is 0 Å². The SMILES string of the molecule is CNCC(=O)NC1CCCC(C)C1C. The fraction of sp³-hybridized carbons (Fsp3) is 0.909. The monoisotopic (exact) mass is 198 g/mol. The van der Waals surface area contributed by atoms with Crippen LogP contribution in [0.5, 0.6) is 0 Å². The summed E-state index contributed by atoms with van der Waals surface area (Å²) in [5.41, 5.74) is 0. The van der Waals surface area contributed by atoms with Crippen LogP contribution in [0, 0.1) is 11.8 Å². The van der Waals surface area contributed by atoms with Gasteiger partial charge in [0.05, 0.1) is 6.54 Å². The summed E-state index contributed by atoms with van der Waals surface area (Å²) in [5, 5.41) is 5.97. The zero-order valence-electron chi connectivity index (χ0n) is 9.47. The van der Waals surface area contributed by atoms with Crippen molar-refractivity contribution in [3.63, 3.8) is 0 Å². The van der Waals surface area contributed by atoms with E-state index in [1.54, 1.807) is 7.05 Å². The molecule has 0 radical (unpaired) electrons. The van der Waals surface area contributed by atoms with Crippen LogP contribution in [-0.2, 0) is 4.79 Å². The zero-order chi connectivity index (χ0) is 10.6. The number of amides is 1. The Balaban J connectivity index is 2.39. The van der Waals surface area contributed by atoms with Gasteiger partial charge in [-0.1, -0.05) is 26.7 Å². The van der Waals surface area contributed by atoms with Gasteiger partial charge in [0.15, 0.2) is 0 Å². The third-order valence-electron chi connectivity index (χ3n) is 3.39. The van der Waals surface area contributed by atoms with Crippen molar-refractivity contribution >= 4 is 5.91 Å². The average molecular weight is 198 g/mol. The summed E-state index contributed by atoms with van der Waals surface area (Å²) in [7, 11) is 1.80. The fourth-order valence-electron chi connectivity index (χ4n) is 2.20. The van der Waals surface area contributed by atoms with E-state index in [0.29, 0.717) is 18.5 Å². The van der Waals surface area contributed by atoms with E-state index in [0.717, 1.165) is 12.3 Å². The predicted octanol–water partition coefficient (Wildman–Crippen LogP) is 1.15. The maximum absolute atomic E-state index is 11.4. The molecule has 2 N–H and O–H groups in total. The van der Waals surface area contributed by atoms with E-state index >= 15 is 0 Å². The molecule has 0 aliphatic heterocycles. The van der Waals surface area contributed by atoms with Gasteiger partial charge in [-0.05, 0) is 25.3 Å². The third kappa shape index (κ3) is 2.98. The average Bonchev–Trinajstić information content (AvgIpc) is 2.13. The van der Waals surface area contributed by atoms with Crippen LogP contribution >= 0.6 is 0 Å². The summed E-state index contributed by atoms with van der Waals surface area (Å²) in [5.74, 6) is 1.48. The van der Waals surface area contributed by atoms with E-state index in [9.17, 15) is 4.79 Å². The molecule has 0 aromatic carbocycles. The first-order chi connectivity index (χ1) is 6.65. The van der Waals surface area contributed by atoms with Gasteiger partial charge in [-0.15, -0.1) is 0 Å². The Bertz CT molecular complexity index is 194. The minimum absolute atomic E-state index is 0.124. The lowest BCUT2D eigenvalue weighted by Crippen LogP contribution is -2.46. The first-order valence-corrected chi connectivity index (χ1v) is 5.59. The predicted molar refractivity (Wildman–Crippen MR) is 58.0 cm³/mol. The van der Waals surface area contributed by atoms with Crippen molar-refractivity contribution in [2.75, 3.05) is 13.6 Å². The highest BCUT2D eigenvalue weighted by atomic mass is 16.1. The van der Waals surface area contributed by atoms with E-state index < -0.39 is 0 Å². The molecule has 0 aromatic rings. The fourth-order valence-corrected chi connectivity index (χ4v) is 2.20. The van der Waals surface area contributed by atoms with Crippen LogP contribution < -0.4 is 10.6 Å². The molecule has 3 unspecified atom stereocenters. The Morgan fingerprint density at radius 2 is 2.07 bits per heavy atom. The highest BCUT2D eigenvalue weighted by Crippen LogP contribution is 2.29. The van der Waals surface area contributed by atoms with Crippen molar-refractivity contribution in [3.8, 4) is 0 Å². The lowest BCUT2D eigenvalue weighted by Gasteiger charge is -2.34. The van der Waals surface area contributed by atoms with Gasteiger partial charge in [0.1, 0.15) is 0 Å². The van der Waals surface area contributed by atoms with Gasteiger partial charge in [-0.3, -0.25) is 4.79 Å². The Labute approximate surface area is 86.6 Å². The summed E-state index contributed by atoms with van der Waals surface area (Å²) in [4.78, 5) is 11.4. The molecule has 0 saturated heterocycles. The molecule has 3 atom stereocenters. The molecular formula is C11H22N2O. The molecule has 1 aliphatic rings. The van der Waals surface area contributed by atoms with E-state index in [2.05, 4.69) is 24.5 Å². The number of hydrogen-bond acceptors (Lipinski definition) is 2. The highest BCUT2D eigenvalue weighted by molar-refractivity contribution is 5.78. The molecule has 3 nitrogen and oxygen atoms in total. The lowest BCUT2D eigenvalue weighted by atomic mass is 9.78. The first-order valence-electron chi connectivity index (χ1n) is 5.59. The van der Waals surface area contributed by atoms with Gasteiger partial charge in [-0.2, -0.15) is 0 Å². The summed E-state index contributed by atoms with van der Waals surface area (Å²) in [6, 6.07) is 0.389. The number of nitrogens with one attached hydrogen (secondary N) is 2. The molecule has 3 heteroatoms. The normalized spacial score (nSPS) is 32.6. The van der Waals surface area contributed by atoms with Gasteiger partial charge in [0.25, 0.3) is 0 Å². The van der Waals surface area contributed by atoms with Gasteiger partial charge < -0.3 is 10.6 Å². The van der Waals surface area contributed by atoms with Crippen LogP contribution in [0.15, 0.2) is 0 Å². The van der Waals surface area contributed by atoms with Gasteiger partial charge in [-0.25, -0.2) is 0 Å². The summed E-state index contributed by atoms with van der Waals surface area (Å²) < 4.78 is 0. The van der Waals surface area contributed by atoms with Gasteiger partial charge in [0.2, 0.25) is 5.91 Å². The molecule has 1 amide bonds. The lowest BCUT2D eigenvalue weighted by molar-refractivity contribution is -0.121. The molecule has 1 saturated carbocycles. The molecule has 82 valence electrons. The Morgan fingerprint density at radius 3 is 2.71 bits per heavy atom. The second kappa shape index (κ2) is 5.35. The van der Waals surface area contributed by atoms with Crippen LogP contribution in [-0.4, -0.2) is 25.5 Å². The van der Waals surface area contributed by atoms with Crippen LogP contribution in [0.1, 0.15) is 33.1 Å². The maximum Gasteiger partial charge on any atom is 0.234 e. The number of rotatable bonds is 3. The number of carbonyl (C=O) groups excluding carboxylic acids is 1. The molecule has 0 heterocycles. The Morgan fingerprint density at radius 1 is 1.36 bits per heavy atom. The smallest absolute Gasteiger partial charge is 0.234 e. The van der Waals surface area contributed by atoms with Crippen LogP contribution in [0.2, 0.25) is 0 Å². The largest absolute Gasteiger partial charge is 0.352 e. The number of likely N-dealkylation sites (N-methyl/N-ethyl adjacent to an activating group) is 1. The second-order valence-corrected chi connectivity index (χ2v) is 4.47. The summed E-state index contributed by atoms with van der Waals surface area (Å²) >= 11 is 0. The maximum atomic E-state index is 11.4. The molecule has 0 bridgehead atoms. The van der Waals surface area contributed by atoms with Crippen LogP contribution in [0.3, 0.4) is 0 Å². The van der Waals surface area contributed by atoms with E-state index in [-0.39, 0.29) is 5.91 Å². The molecule has 0 aromatic heterocycles.